The molecule has 1 aromatic heterocycles. The highest BCUT2D eigenvalue weighted by Crippen LogP contribution is 2.29. The Morgan fingerprint density at radius 2 is 1.71 bits per heavy atom. The van der Waals surface area contributed by atoms with Crippen molar-refractivity contribution in [2.45, 2.75) is 19.9 Å². The number of halogens is 5. The molecule has 3 aromatic rings. The maximum Gasteiger partial charge on any atom is 0.573 e. The van der Waals surface area contributed by atoms with E-state index in [-0.39, 0.29) is 17.4 Å². The second-order valence-corrected chi connectivity index (χ2v) is 6.10. The molecular formula is C20H17F5N4O2. The highest BCUT2D eigenvalue weighted by Gasteiger charge is 2.31. The molecule has 11 heteroatoms. The molecule has 2 aromatic carbocycles. The summed E-state index contributed by atoms with van der Waals surface area (Å²) < 4.78 is 70.4. The average Bonchev–Trinajstić information content (AvgIpc) is 2.68. The van der Waals surface area contributed by atoms with E-state index in [0.717, 1.165) is 0 Å². The van der Waals surface area contributed by atoms with Gasteiger partial charge in [-0.05, 0) is 43.3 Å². The third kappa shape index (κ3) is 6.69. The van der Waals surface area contributed by atoms with Crippen LogP contribution in [-0.4, -0.2) is 29.5 Å². The predicted molar refractivity (Wildman–Crippen MR) is 105 cm³/mol. The van der Waals surface area contributed by atoms with Gasteiger partial charge in [-0.25, -0.2) is 4.98 Å². The van der Waals surface area contributed by atoms with Gasteiger partial charge in [0, 0.05) is 23.9 Å². The third-order valence-electron chi connectivity index (χ3n) is 3.78. The molecular weight excluding hydrogens is 423 g/mol. The van der Waals surface area contributed by atoms with Gasteiger partial charge in [-0.3, -0.25) is 0 Å². The van der Waals surface area contributed by atoms with E-state index in [1.165, 1.54) is 48.5 Å². The number of anilines is 3. The lowest BCUT2D eigenvalue weighted by molar-refractivity contribution is -0.274. The maximum absolute atomic E-state index is 12.5. The number of ether oxygens (including phenoxy) is 2. The Bertz CT molecular complexity index is 1010. The van der Waals surface area contributed by atoms with Gasteiger partial charge in [0.2, 0.25) is 5.95 Å². The van der Waals surface area contributed by atoms with E-state index in [1.54, 1.807) is 6.07 Å². The van der Waals surface area contributed by atoms with Crippen LogP contribution in [0.3, 0.4) is 0 Å². The topological polar surface area (TPSA) is 68.3 Å². The van der Waals surface area contributed by atoms with Crippen molar-refractivity contribution < 1.29 is 31.4 Å². The van der Waals surface area contributed by atoms with Gasteiger partial charge >= 0.3 is 13.0 Å². The molecule has 6 nitrogen and oxygen atoms in total. The minimum Gasteiger partial charge on any atom is -0.435 e. The second-order valence-electron chi connectivity index (χ2n) is 6.10. The van der Waals surface area contributed by atoms with E-state index in [9.17, 15) is 22.0 Å². The number of hydrogen-bond donors (Lipinski definition) is 2. The lowest BCUT2D eigenvalue weighted by Crippen LogP contribution is -2.17. The van der Waals surface area contributed by atoms with E-state index < -0.39 is 13.0 Å². The van der Waals surface area contributed by atoms with Crippen LogP contribution < -0.4 is 20.1 Å². The zero-order valence-electron chi connectivity index (χ0n) is 16.1. The molecule has 3 rings (SSSR count). The summed E-state index contributed by atoms with van der Waals surface area (Å²) in [5.74, 6) is 0.212. The fourth-order valence-corrected chi connectivity index (χ4v) is 2.62. The standard InChI is InChI=1S/C20H17F5N4O2/c1-2-26-19-28-16(12-4-3-5-15(10-12)31-20(23,24)25)11-17(29-19)27-13-6-8-14(9-7-13)30-18(21)22/h3-11,18H,2H2,1H3,(H2,26,27,28,29). The van der Waals surface area contributed by atoms with Crippen LogP contribution in [0.1, 0.15) is 6.92 Å². The van der Waals surface area contributed by atoms with Gasteiger partial charge in [-0.1, -0.05) is 12.1 Å². The SMILES string of the molecule is CCNc1nc(Nc2ccc(OC(F)F)cc2)cc(-c2cccc(OC(F)(F)F)c2)n1. The van der Waals surface area contributed by atoms with Crippen molar-refractivity contribution in [2.24, 2.45) is 0 Å². The molecule has 0 aliphatic rings. The van der Waals surface area contributed by atoms with Crippen LogP contribution in [0.2, 0.25) is 0 Å². The molecule has 0 saturated carbocycles. The minimum absolute atomic E-state index is 0.00116. The van der Waals surface area contributed by atoms with Gasteiger partial charge in [0.05, 0.1) is 5.69 Å². The highest BCUT2D eigenvalue weighted by atomic mass is 19.4. The molecule has 0 radical (unpaired) electrons. The number of nitrogens with one attached hydrogen (secondary N) is 2. The predicted octanol–water partition coefficient (Wildman–Crippen LogP) is 5.82. The van der Waals surface area contributed by atoms with E-state index in [4.69, 9.17) is 0 Å². The minimum atomic E-state index is -4.81. The van der Waals surface area contributed by atoms with Gasteiger partial charge in [0.15, 0.2) is 0 Å². The van der Waals surface area contributed by atoms with Crippen LogP contribution in [0.5, 0.6) is 11.5 Å². The van der Waals surface area contributed by atoms with Crippen LogP contribution in [-0.2, 0) is 0 Å². The van der Waals surface area contributed by atoms with Crippen molar-refractivity contribution in [3.63, 3.8) is 0 Å². The summed E-state index contributed by atoms with van der Waals surface area (Å²) in [5.41, 5.74) is 1.26. The van der Waals surface area contributed by atoms with Crippen LogP contribution in [0.25, 0.3) is 11.3 Å². The third-order valence-corrected chi connectivity index (χ3v) is 3.78. The molecule has 1 heterocycles. The first-order valence-electron chi connectivity index (χ1n) is 9.03. The normalized spacial score (nSPS) is 11.3. The van der Waals surface area contributed by atoms with Gasteiger partial charge < -0.3 is 20.1 Å². The molecule has 0 saturated heterocycles. The molecule has 164 valence electrons. The lowest BCUT2D eigenvalue weighted by atomic mass is 10.1. The van der Waals surface area contributed by atoms with Crippen molar-refractivity contribution in [1.82, 2.24) is 9.97 Å². The van der Waals surface area contributed by atoms with Crippen molar-refractivity contribution >= 4 is 17.5 Å². The summed E-state index contributed by atoms with van der Waals surface area (Å²) in [6.45, 7) is -0.578. The Hall–Kier alpha value is -3.63. The summed E-state index contributed by atoms with van der Waals surface area (Å²) in [4.78, 5) is 8.62. The van der Waals surface area contributed by atoms with E-state index in [0.29, 0.717) is 29.3 Å². The number of rotatable bonds is 8. The first kappa shape index (κ1) is 22.1. The van der Waals surface area contributed by atoms with Gasteiger partial charge in [-0.15, -0.1) is 13.2 Å². The molecule has 0 aliphatic carbocycles. The zero-order valence-corrected chi connectivity index (χ0v) is 16.1. The summed E-state index contributed by atoms with van der Waals surface area (Å²) in [7, 11) is 0. The maximum atomic E-state index is 12.5. The summed E-state index contributed by atoms with van der Waals surface area (Å²) in [6.07, 6.45) is -4.81. The summed E-state index contributed by atoms with van der Waals surface area (Å²) >= 11 is 0. The summed E-state index contributed by atoms with van der Waals surface area (Å²) in [6, 6.07) is 12.7. The second kappa shape index (κ2) is 9.45. The average molecular weight is 440 g/mol. The molecule has 0 amide bonds. The Morgan fingerprint density at radius 1 is 0.968 bits per heavy atom. The quantitative estimate of drug-likeness (QED) is 0.431. The molecule has 0 bridgehead atoms. The largest absolute Gasteiger partial charge is 0.573 e. The smallest absolute Gasteiger partial charge is 0.435 e. The Kier molecular flexibility index (Phi) is 6.73. The number of hydrogen-bond acceptors (Lipinski definition) is 6. The number of aromatic nitrogens is 2. The van der Waals surface area contributed by atoms with Crippen LogP contribution >= 0.6 is 0 Å². The highest BCUT2D eigenvalue weighted by molar-refractivity contribution is 5.68. The molecule has 31 heavy (non-hydrogen) atoms. The number of nitrogens with zero attached hydrogens (tertiary/aromatic N) is 2. The molecule has 0 spiro atoms. The number of benzene rings is 2. The van der Waals surface area contributed by atoms with E-state index >= 15 is 0 Å². The Balaban J connectivity index is 1.88. The van der Waals surface area contributed by atoms with Crippen molar-refractivity contribution in [2.75, 3.05) is 17.2 Å². The van der Waals surface area contributed by atoms with Crippen LogP contribution in [0.4, 0.5) is 39.4 Å². The van der Waals surface area contributed by atoms with Gasteiger partial charge in [0.25, 0.3) is 0 Å². The van der Waals surface area contributed by atoms with Gasteiger partial charge in [0.1, 0.15) is 17.3 Å². The van der Waals surface area contributed by atoms with Crippen molar-refractivity contribution in [1.29, 1.82) is 0 Å². The fraction of sp³-hybridized carbons (Fsp3) is 0.200. The Morgan fingerprint density at radius 3 is 2.35 bits per heavy atom. The fourth-order valence-electron chi connectivity index (χ4n) is 2.62. The molecule has 0 atom stereocenters. The molecule has 0 unspecified atom stereocenters. The molecule has 0 aliphatic heterocycles. The first-order valence-corrected chi connectivity index (χ1v) is 9.03. The molecule has 2 N–H and O–H groups in total. The molecule has 0 fully saturated rings. The Labute approximate surface area is 174 Å². The van der Waals surface area contributed by atoms with Crippen LogP contribution in [0.15, 0.2) is 54.6 Å². The van der Waals surface area contributed by atoms with E-state index in [2.05, 4.69) is 30.1 Å². The van der Waals surface area contributed by atoms with Crippen molar-refractivity contribution in [3.8, 4) is 22.8 Å². The lowest BCUT2D eigenvalue weighted by Gasteiger charge is -2.13. The van der Waals surface area contributed by atoms with Crippen LogP contribution in [0, 0.1) is 0 Å². The van der Waals surface area contributed by atoms with E-state index in [1.807, 2.05) is 6.92 Å². The zero-order chi connectivity index (χ0) is 22.4. The number of alkyl halides is 5. The van der Waals surface area contributed by atoms with Crippen molar-refractivity contribution in [3.05, 3.63) is 54.6 Å². The van der Waals surface area contributed by atoms with Gasteiger partial charge in [-0.2, -0.15) is 13.8 Å². The monoisotopic (exact) mass is 440 g/mol. The summed E-state index contributed by atoms with van der Waals surface area (Å²) in [5, 5.41) is 5.95. The first-order chi connectivity index (χ1) is 14.7.